The van der Waals surface area contributed by atoms with Gasteiger partial charge in [0.25, 0.3) is 5.91 Å². The van der Waals surface area contributed by atoms with E-state index in [0.717, 1.165) is 37.3 Å². The van der Waals surface area contributed by atoms with Gasteiger partial charge in [-0.15, -0.1) is 0 Å². The van der Waals surface area contributed by atoms with E-state index in [2.05, 4.69) is 69.9 Å². The highest BCUT2D eigenvalue weighted by molar-refractivity contribution is 6.04. The summed E-state index contributed by atoms with van der Waals surface area (Å²) in [6, 6.07) is 25.1. The fourth-order valence-electron chi connectivity index (χ4n) is 4.54. The number of nitrogens with one attached hydrogen (secondary N) is 1. The number of rotatable bonds is 7. The Bertz CT molecular complexity index is 1220. The lowest BCUT2D eigenvalue weighted by Gasteiger charge is -2.32. The van der Waals surface area contributed by atoms with Crippen LogP contribution in [0.2, 0.25) is 0 Å². The first-order valence-electron chi connectivity index (χ1n) is 11.5. The van der Waals surface area contributed by atoms with E-state index in [-0.39, 0.29) is 0 Å². The molecule has 6 heteroatoms. The van der Waals surface area contributed by atoms with Gasteiger partial charge >= 0.3 is 0 Å². The van der Waals surface area contributed by atoms with Crippen molar-refractivity contribution in [1.29, 1.82) is 0 Å². The van der Waals surface area contributed by atoms with Gasteiger partial charge in [-0.2, -0.15) is 5.10 Å². The van der Waals surface area contributed by atoms with E-state index in [0.29, 0.717) is 17.1 Å². The first kappa shape index (κ1) is 21.4. The van der Waals surface area contributed by atoms with Gasteiger partial charge in [-0.25, -0.2) is 4.68 Å². The number of fused-ring (bicyclic) bond motifs is 1. The van der Waals surface area contributed by atoms with Crippen LogP contribution in [0.4, 0.5) is 0 Å². The lowest BCUT2D eigenvalue weighted by atomic mass is 10.0. The van der Waals surface area contributed by atoms with E-state index >= 15 is 0 Å². The summed E-state index contributed by atoms with van der Waals surface area (Å²) in [7, 11) is 0. The third-order valence-electron chi connectivity index (χ3n) is 6.43. The van der Waals surface area contributed by atoms with Gasteiger partial charge in [0.05, 0.1) is 11.3 Å². The van der Waals surface area contributed by atoms with Crippen LogP contribution in [-0.4, -0.2) is 39.7 Å². The Balaban J connectivity index is 1.15. The summed E-state index contributed by atoms with van der Waals surface area (Å²) < 4.78 is 1.80. The quantitative estimate of drug-likeness (QED) is 0.458. The van der Waals surface area contributed by atoms with E-state index in [4.69, 9.17) is 5.73 Å². The maximum absolute atomic E-state index is 11.7. The van der Waals surface area contributed by atoms with Crippen LogP contribution in [0.15, 0.2) is 79.0 Å². The van der Waals surface area contributed by atoms with Gasteiger partial charge in [-0.05, 0) is 55.3 Å². The van der Waals surface area contributed by atoms with Crippen LogP contribution in [0.1, 0.15) is 34.3 Å². The van der Waals surface area contributed by atoms with Crippen LogP contribution >= 0.6 is 0 Å². The molecule has 0 saturated carbocycles. The molecule has 3 aromatic carbocycles. The molecule has 1 aliphatic heterocycles. The van der Waals surface area contributed by atoms with Crippen molar-refractivity contribution in [2.45, 2.75) is 32.0 Å². The fraction of sp³-hybridized carbons (Fsp3) is 0.259. The smallest absolute Gasteiger partial charge is 0.250 e. The molecule has 6 nitrogen and oxygen atoms in total. The number of nitrogens with two attached hydrogens (primary N) is 1. The fourth-order valence-corrected chi connectivity index (χ4v) is 4.54. The number of nitrogens with zero attached hydrogens (tertiary/aromatic N) is 3. The standard InChI is InChI=1S/C27H29N5O/c28-27(33)25-8-4-7-22-19-32(30-26(22)25)24-11-9-20(10-12-24)17-29-23-13-15-31(16-14-23)18-21-5-2-1-3-6-21/h1-12,19,23,29H,13-18H2,(H2,28,33). The lowest BCUT2D eigenvalue weighted by molar-refractivity contribution is 0.100. The number of likely N-dealkylation sites (tertiary alicyclic amines) is 1. The Hall–Kier alpha value is -3.48. The molecule has 1 saturated heterocycles. The van der Waals surface area contributed by atoms with Crippen molar-refractivity contribution in [3.8, 4) is 5.69 Å². The predicted molar refractivity (Wildman–Crippen MR) is 131 cm³/mol. The molecule has 1 aliphatic rings. The number of carbonyl (C=O) groups excluding carboxylic acids is 1. The molecular formula is C27H29N5O. The van der Waals surface area contributed by atoms with Crippen molar-refractivity contribution < 1.29 is 4.79 Å². The lowest BCUT2D eigenvalue weighted by Crippen LogP contribution is -2.41. The molecule has 2 heterocycles. The number of aromatic nitrogens is 2. The zero-order valence-electron chi connectivity index (χ0n) is 18.7. The molecular weight excluding hydrogens is 410 g/mol. The Morgan fingerprint density at radius 3 is 2.42 bits per heavy atom. The Kier molecular flexibility index (Phi) is 6.19. The van der Waals surface area contributed by atoms with Crippen LogP contribution in [0.5, 0.6) is 0 Å². The minimum Gasteiger partial charge on any atom is -0.366 e. The predicted octanol–water partition coefficient (Wildman–Crippen LogP) is 3.88. The second kappa shape index (κ2) is 9.57. The van der Waals surface area contributed by atoms with Gasteiger partial charge in [-0.1, -0.05) is 54.6 Å². The molecule has 0 bridgehead atoms. The zero-order valence-corrected chi connectivity index (χ0v) is 18.7. The first-order valence-corrected chi connectivity index (χ1v) is 11.5. The number of benzene rings is 3. The van der Waals surface area contributed by atoms with Crippen molar-refractivity contribution in [2.24, 2.45) is 5.73 Å². The number of primary amides is 1. The van der Waals surface area contributed by atoms with Crippen molar-refractivity contribution in [3.63, 3.8) is 0 Å². The second-order valence-electron chi connectivity index (χ2n) is 8.76. The van der Waals surface area contributed by atoms with Gasteiger partial charge in [-0.3, -0.25) is 9.69 Å². The van der Waals surface area contributed by atoms with E-state index in [1.165, 1.54) is 24.0 Å². The van der Waals surface area contributed by atoms with E-state index in [1.807, 2.05) is 18.3 Å². The van der Waals surface area contributed by atoms with E-state index < -0.39 is 5.91 Å². The Morgan fingerprint density at radius 2 is 1.70 bits per heavy atom. The average molecular weight is 440 g/mol. The highest BCUT2D eigenvalue weighted by atomic mass is 16.1. The summed E-state index contributed by atoms with van der Waals surface area (Å²) in [5.74, 6) is -0.460. The molecule has 0 radical (unpaired) electrons. The maximum Gasteiger partial charge on any atom is 0.250 e. The monoisotopic (exact) mass is 439 g/mol. The molecule has 168 valence electrons. The first-order chi connectivity index (χ1) is 16.2. The normalized spacial score (nSPS) is 15.2. The summed E-state index contributed by atoms with van der Waals surface area (Å²) in [6.07, 6.45) is 4.28. The molecule has 1 fully saturated rings. The highest BCUT2D eigenvalue weighted by Gasteiger charge is 2.18. The van der Waals surface area contributed by atoms with Crippen molar-refractivity contribution in [2.75, 3.05) is 13.1 Å². The molecule has 3 N–H and O–H groups in total. The number of amides is 1. The van der Waals surface area contributed by atoms with Crippen molar-refractivity contribution in [3.05, 3.63) is 95.7 Å². The molecule has 0 spiro atoms. The Morgan fingerprint density at radius 1 is 0.939 bits per heavy atom. The van der Waals surface area contributed by atoms with Crippen molar-refractivity contribution in [1.82, 2.24) is 20.0 Å². The third-order valence-corrected chi connectivity index (χ3v) is 6.43. The molecule has 33 heavy (non-hydrogen) atoms. The maximum atomic E-state index is 11.7. The summed E-state index contributed by atoms with van der Waals surface area (Å²) in [6.45, 7) is 4.16. The SMILES string of the molecule is NC(=O)c1cccc2cn(-c3ccc(CNC4CCN(Cc5ccccc5)CC4)cc3)nc12. The topological polar surface area (TPSA) is 76.2 Å². The Labute approximate surface area is 194 Å². The van der Waals surface area contributed by atoms with Crippen LogP contribution in [0, 0.1) is 0 Å². The molecule has 5 rings (SSSR count). The van der Waals surface area contributed by atoms with Crippen LogP contribution in [0.25, 0.3) is 16.6 Å². The molecule has 0 unspecified atom stereocenters. The van der Waals surface area contributed by atoms with Gasteiger partial charge in [0.15, 0.2) is 0 Å². The van der Waals surface area contributed by atoms with Gasteiger partial charge in [0.1, 0.15) is 5.52 Å². The highest BCUT2D eigenvalue weighted by Crippen LogP contribution is 2.20. The molecule has 1 amide bonds. The second-order valence-corrected chi connectivity index (χ2v) is 8.76. The summed E-state index contributed by atoms with van der Waals surface area (Å²) in [4.78, 5) is 14.2. The number of hydrogen-bond acceptors (Lipinski definition) is 4. The third kappa shape index (κ3) is 4.97. The molecule has 1 aromatic heterocycles. The number of carbonyl (C=O) groups is 1. The molecule has 0 atom stereocenters. The van der Waals surface area contributed by atoms with E-state index in [1.54, 1.807) is 10.7 Å². The van der Waals surface area contributed by atoms with Crippen molar-refractivity contribution >= 4 is 16.8 Å². The van der Waals surface area contributed by atoms with Crippen LogP contribution in [0.3, 0.4) is 0 Å². The largest absolute Gasteiger partial charge is 0.366 e. The van der Waals surface area contributed by atoms with Gasteiger partial charge < -0.3 is 11.1 Å². The average Bonchev–Trinajstić information content (AvgIpc) is 3.29. The minimum atomic E-state index is -0.460. The summed E-state index contributed by atoms with van der Waals surface area (Å²) >= 11 is 0. The number of piperidine rings is 1. The zero-order chi connectivity index (χ0) is 22.6. The molecule has 0 aliphatic carbocycles. The summed E-state index contributed by atoms with van der Waals surface area (Å²) in [5, 5.41) is 9.21. The van der Waals surface area contributed by atoms with E-state index in [9.17, 15) is 4.79 Å². The van der Waals surface area contributed by atoms with Gasteiger partial charge in [0.2, 0.25) is 0 Å². The van der Waals surface area contributed by atoms with Crippen LogP contribution in [-0.2, 0) is 13.1 Å². The minimum absolute atomic E-state index is 0.446. The number of hydrogen-bond donors (Lipinski definition) is 2. The molecule has 4 aromatic rings. The summed E-state index contributed by atoms with van der Waals surface area (Å²) in [5.41, 5.74) is 10.2. The van der Waals surface area contributed by atoms with Gasteiger partial charge in [0, 0.05) is 30.7 Å². The van der Waals surface area contributed by atoms with Crippen LogP contribution < -0.4 is 11.1 Å².